The molecule has 0 N–H and O–H groups in total. The van der Waals surface area contributed by atoms with Crippen LogP contribution < -0.4 is 4.74 Å². The molecule has 0 spiro atoms. The van der Waals surface area contributed by atoms with Crippen LogP contribution in [0.2, 0.25) is 0 Å². The van der Waals surface area contributed by atoms with Crippen LogP contribution in [0, 0.1) is 0 Å². The van der Waals surface area contributed by atoms with Gasteiger partial charge in [0.25, 0.3) is 0 Å². The highest BCUT2D eigenvalue weighted by molar-refractivity contribution is 7.98. The number of benzene rings is 1. The van der Waals surface area contributed by atoms with Crippen LogP contribution in [-0.4, -0.2) is 32.6 Å². The second kappa shape index (κ2) is 6.62. The van der Waals surface area contributed by atoms with Crippen molar-refractivity contribution in [1.82, 2.24) is 19.7 Å². The van der Waals surface area contributed by atoms with Gasteiger partial charge in [0.15, 0.2) is 11.0 Å². The number of rotatable bonds is 5. The summed E-state index contributed by atoms with van der Waals surface area (Å²) >= 11 is 1.56. The van der Waals surface area contributed by atoms with Crippen LogP contribution >= 0.6 is 11.8 Å². The molecule has 0 fully saturated rings. The van der Waals surface area contributed by atoms with E-state index in [0.29, 0.717) is 6.61 Å². The van der Waals surface area contributed by atoms with Crippen molar-refractivity contribution in [2.75, 3.05) is 12.9 Å². The van der Waals surface area contributed by atoms with Gasteiger partial charge in [0.2, 0.25) is 0 Å². The van der Waals surface area contributed by atoms with Crippen molar-refractivity contribution >= 4 is 11.8 Å². The largest absolute Gasteiger partial charge is 0.494 e. The van der Waals surface area contributed by atoms with E-state index in [0.717, 1.165) is 28.0 Å². The van der Waals surface area contributed by atoms with E-state index < -0.39 is 0 Å². The van der Waals surface area contributed by atoms with Crippen molar-refractivity contribution in [2.24, 2.45) is 0 Å². The smallest absolute Gasteiger partial charge is 0.195 e. The van der Waals surface area contributed by atoms with E-state index >= 15 is 0 Å². The first-order chi connectivity index (χ1) is 10.8. The molecule has 3 rings (SSSR count). The molecule has 0 aliphatic carbocycles. The summed E-state index contributed by atoms with van der Waals surface area (Å²) in [6.07, 6.45) is 5.53. The number of ether oxygens (including phenoxy) is 1. The quantitative estimate of drug-likeness (QED) is 0.675. The minimum atomic E-state index is 0.656. The van der Waals surface area contributed by atoms with Gasteiger partial charge in [-0.1, -0.05) is 11.8 Å². The predicted octanol–water partition coefficient (Wildman–Crippen LogP) is 3.45. The molecule has 22 heavy (non-hydrogen) atoms. The van der Waals surface area contributed by atoms with Gasteiger partial charge in [-0.3, -0.25) is 9.55 Å². The Bertz CT molecular complexity index is 741. The maximum atomic E-state index is 5.49. The van der Waals surface area contributed by atoms with Crippen LogP contribution in [-0.2, 0) is 0 Å². The van der Waals surface area contributed by atoms with Crippen molar-refractivity contribution in [3.8, 4) is 22.8 Å². The summed E-state index contributed by atoms with van der Waals surface area (Å²) in [6, 6.07) is 11.8. The lowest BCUT2D eigenvalue weighted by Gasteiger charge is -2.10. The molecule has 2 aromatic heterocycles. The third-order valence-corrected chi connectivity index (χ3v) is 3.77. The molecule has 0 amide bonds. The van der Waals surface area contributed by atoms with Crippen molar-refractivity contribution in [3.05, 3.63) is 48.8 Å². The molecule has 1 aromatic carbocycles. The Hall–Kier alpha value is -2.34. The number of aromatic nitrogens is 4. The number of hydrogen-bond acceptors (Lipinski definition) is 5. The number of hydrogen-bond donors (Lipinski definition) is 0. The molecule has 0 bridgehead atoms. The first-order valence-corrected chi connectivity index (χ1v) is 8.19. The molecule has 0 radical (unpaired) electrons. The molecule has 6 heteroatoms. The van der Waals surface area contributed by atoms with Crippen LogP contribution in [0.3, 0.4) is 0 Å². The topological polar surface area (TPSA) is 52.8 Å². The first kappa shape index (κ1) is 14.6. The average molecular weight is 312 g/mol. The van der Waals surface area contributed by atoms with Crippen LogP contribution in [0.4, 0.5) is 0 Å². The molecule has 0 saturated heterocycles. The van der Waals surface area contributed by atoms with Crippen LogP contribution in [0.25, 0.3) is 17.1 Å². The predicted molar refractivity (Wildman–Crippen MR) is 87.5 cm³/mol. The van der Waals surface area contributed by atoms with E-state index in [1.54, 1.807) is 24.2 Å². The Morgan fingerprint density at radius 3 is 2.59 bits per heavy atom. The van der Waals surface area contributed by atoms with Crippen LogP contribution in [0.15, 0.2) is 53.9 Å². The second-order valence-electron chi connectivity index (χ2n) is 4.51. The minimum Gasteiger partial charge on any atom is -0.494 e. The summed E-state index contributed by atoms with van der Waals surface area (Å²) in [6.45, 7) is 2.63. The summed E-state index contributed by atoms with van der Waals surface area (Å²) in [5.74, 6) is 1.63. The zero-order valence-electron chi connectivity index (χ0n) is 12.4. The Labute approximate surface area is 133 Å². The second-order valence-corrected chi connectivity index (χ2v) is 5.29. The lowest BCUT2D eigenvalue weighted by atomic mass is 10.2. The zero-order chi connectivity index (χ0) is 15.4. The summed E-state index contributed by atoms with van der Waals surface area (Å²) in [7, 11) is 0. The maximum Gasteiger partial charge on any atom is 0.195 e. The van der Waals surface area contributed by atoms with Gasteiger partial charge in [-0.05, 0) is 49.6 Å². The zero-order valence-corrected chi connectivity index (χ0v) is 13.2. The molecule has 2 heterocycles. The number of nitrogens with zero attached hydrogens (tertiary/aromatic N) is 4. The third-order valence-electron chi connectivity index (χ3n) is 3.14. The molecule has 0 unspecified atom stereocenters. The van der Waals surface area contributed by atoms with Gasteiger partial charge in [-0.25, -0.2) is 0 Å². The maximum absolute atomic E-state index is 5.49. The van der Waals surface area contributed by atoms with Crippen LogP contribution in [0.5, 0.6) is 5.75 Å². The summed E-state index contributed by atoms with van der Waals surface area (Å²) < 4.78 is 7.52. The summed E-state index contributed by atoms with van der Waals surface area (Å²) in [5, 5.41) is 9.41. The van der Waals surface area contributed by atoms with E-state index in [-0.39, 0.29) is 0 Å². The van der Waals surface area contributed by atoms with Gasteiger partial charge in [0.05, 0.1) is 6.61 Å². The van der Waals surface area contributed by atoms with Gasteiger partial charge in [0, 0.05) is 23.6 Å². The highest BCUT2D eigenvalue weighted by atomic mass is 32.2. The van der Waals surface area contributed by atoms with Crippen molar-refractivity contribution in [1.29, 1.82) is 0 Å². The highest BCUT2D eigenvalue weighted by Crippen LogP contribution is 2.27. The normalized spacial score (nSPS) is 10.6. The molecular weight excluding hydrogens is 296 g/mol. The SMILES string of the molecule is CCOc1ccc(-n2c(SC)nnc2-c2cccnc2)cc1. The molecular formula is C16H16N4OS. The van der Waals surface area contributed by atoms with Gasteiger partial charge in [-0.2, -0.15) is 0 Å². The van der Waals surface area contributed by atoms with Crippen LogP contribution in [0.1, 0.15) is 6.92 Å². The minimum absolute atomic E-state index is 0.656. The molecule has 0 aliphatic heterocycles. The fourth-order valence-corrected chi connectivity index (χ4v) is 2.67. The fourth-order valence-electron chi connectivity index (χ4n) is 2.17. The Morgan fingerprint density at radius 1 is 1.14 bits per heavy atom. The average Bonchev–Trinajstić information content (AvgIpc) is 3.01. The van der Waals surface area contributed by atoms with Crippen molar-refractivity contribution < 1.29 is 4.74 Å². The van der Waals surface area contributed by atoms with E-state index in [4.69, 9.17) is 4.74 Å². The summed E-state index contributed by atoms with van der Waals surface area (Å²) in [5.41, 5.74) is 1.93. The lowest BCUT2D eigenvalue weighted by Crippen LogP contribution is -2.00. The fraction of sp³-hybridized carbons (Fsp3) is 0.188. The first-order valence-electron chi connectivity index (χ1n) is 6.96. The molecule has 0 aliphatic rings. The summed E-state index contributed by atoms with van der Waals surface area (Å²) in [4.78, 5) is 4.16. The van der Waals surface area contributed by atoms with E-state index in [2.05, 4.69) is 15.2 Å². The molecule has 0 saturated carbocycles. The van der Waals surface area contributed by atoms with Gasteiger partial charge in [-0.15, -0.1) is 10.2 Å². The third kappa shape index (κ3) is 2.82. The Kier molecular flexibility index (Phi) is 4.39. The van der Waals surface area contributed by atoms with Crippen molar-refractivity contribution in [3.63, 3.8) is 0 Å². The number of pyridine rings is 1. The molecule has 5 nitrogen and oxygen atoms in total. The van der Waals surface area contributed by atoms with Crippen molar-refractivity contribution in [2.45, 2.75) is 12.1 Å². The van der Waals surface area contributed by atoms with E-state index in [9.17, 15) is 0 Å². The Morgan fingerprint density at radius 2 is 1.95 bits per heavy atom. The van der Waals surface area contributed by atoms with Gasteiger partial charge < -0.3 is 4.74 Å². The lowest BCUT2D eigenvalue weighted by molar-refractivity contribution is 0.340. The van der Waals surface area contributed by atoms with E-state index in [1.165, 1.54) is 0 Å². The van der Waals surface area contributed by atoms with Gasteiger partial charge in [0.1, 0.15) is 5.75 Å². The standard InChI is InChI=1S/C16H16N4OS/c1-3-21-14-8-6-13(7-9-14)20-15(18-19-16(20)22-2)12-5-4-10-17-11-12/h4-11H,3H2,1-2H3. The number of thioether (sulfide) groups is 1. The van der Waals surface area contributed by atoms with Gasteiger partial charge >= 0.3 is 0 Å². The molecule has 3 aromatic rings. The van der Waals surface area contributed by atoms with E-state index in [1.807, 2.05) is 54.1 Å². The molecule has 0 atom stereocenters. The molecule has 112 valence electrons. The monoisotopic (exact) mass is 312 g/mol. The Balaban J connectivity index is 2.07. The highest BCUT2D eigenvalue weighted by Gasteiger charge is 2.15.